The van der Waals surface area contributed by atoms with Gasteiger partial charge in [0.15, 0.2) is 0 Å². The smallest absolute Gasteiger partial charge is 0.397 e. The zero-order valence-electron chi connectivity index (χ0n) is 18.1. The summed E-state index contributed by atoms with van der Waals surface area (Å²) in [5.41, 5.74) is 0. The zero-order valence-corrected chi connectivity index (χ0v) is 19.9. The molecule has 2 aromatic carbocycles. The fourth-order valence-electron chi connectivity index (χ4n) is 3.90. The van der Waals surface area contributed by atoms with Crippen LogP contribution in [0.25, 0.3) is 0 Å². The minimum Gasteiger partial charge on any atom is -0.407 e. The molecule has 0 heterocycles. The Hall–Kier alpha value is -1.77. The lowest BCUT2D eigenvalue weighted by Gasteiger charge is -2.43. The van der Waals surface area contributed by atoms with E-state index < -0.39 is 24.8 Å². The Kier molecular flexibility index (Phi) is 8.18. The lowest BCUT2D eigenvalue weighted by Crippen LogP contribution is -2.66. The average molecular weight is 449 g/mol. The first-order valence-electron chi connectivity index (χ1n) is 10.0. The molecule has 0 aliphatic rings. The largest absolute Gasteiger partial charge is 0.407 e. The van der Waals surface area contributed by atoms with Gasteiger partial charge in [0.1, 0.15) is 0 Å². The Morgan fingerprint density at radius 3 is 1.87 bits per heavy atom. The summed E-state index contributed by atoms with van der Waals surface area (Å²) in [5.74, 6) is -0.136. The van der Waals surface area contributed by atoms with Gasteiger partial charge in [-0.1, -0.05) is 87.5 Å². The molecule has 7 heteroatoms. The van der Waals surface area contributed by atoms with Gasteiger partial charge in [-0.3, -0.25) is 4.55 Å². The van der Waals surface area contributed by atoms with E-state index in [2.05, 4.69) is 55.8 Å². The predicted molar refractivity (Wildman–Crippen MR) is 124 cm³/mol. The van der Waals surface area contributed by atoms with Gasteiger partial charge in [-0.05, 0) is 28.8 Å². The second kappa shape index (κ2) is 10.0. The summed E-state index contributed by atoms with van der Waals surface area (Å²) < 4.78 is 42.5. The summed E-state index contributed by atoms with van der Waals surface area (Å²) >= 11 is 0. The average Bonchev–Trinajstić information content (AvgIpc) is 2.66. The van der Waals surface area contributed by atoms with E-state index in [4.69, 9.17) is 8.98 Å². The minimum atomic E-state index is -4.50. The molecule has 2 rings (SSSR count). The van der Waals surface area contributed by atoms with E-state index in [1.807, 2.05) is 36.4 Å². The lowest BCUT2D eigenvalue weighted by atomic mass is 10.0. The third-order valence-corrected chi connectivity index (χ3v) is 10.8. The van der Waals surface area contributed by atoms with Gasteiger partial charge in [-0.25, -0.2) is 4.18 Å². The highest BCUT2D eigenvalue weighted by Crippen LogP contribution is 2.37. The molecule has 0 aromatic heterocycles. The summed E-state index contributed by atoms with van der Waals surface area (Å²) in [6, 6.07) is 20.6. The normalized spacial score (nSPS) is 14.8. The van der Waals surface area contributed by atoms with E-state index in [1.54, 1.807) is 13.0 Å². The summed E-state index contributed by atoms with van der Waals surface area (Å²) in [4.78, 5) is 0. The molecule has 0 fully saturated rings. The summed E-state index contributed by atoms with van der Waals surface area (Å²) in [6.45, 7) is 12.5. The Bertz CT molecular complexity index is 868. The van der Waals surface area contributed by atoms with Crippen LogP contribution in [0, 0.1) is 5.92 Å². The van der Waals surface area contributed by atoms with Crippen molar-refractivity contribution in [1.29, 1.82) is 0 Å². The molecule has 0 unspecified atom stereocenters. The Morgan fingerprint density at radius 2 is 1.50 bits per heavy atom. The highest BCUT2D eigenvalue weighted by atomic mass is 32.3. The van der Waals surface area contributed by atoms with Crippen LogP contribution in [0.4, 0.5) is 0 Å². The predicted octanol–water partition coefficient (Wildman–Crippen LogP) is 3.96. The second-order valence-electron chi connectivity index (χ2n) is 8.54. The van der Waals surface area contributed by atoms with Crippen LogP contribution >= 0.6 is 0 Å². The second-order valence-corrected chi connectivity index (χ2v) is 13.9. The van der Waals surface area contributed by atoms with Crippen LogP contribution in [-0.2, 0) is 19.0 Å². The first kappa shape index (κ1) is 24.5. The van der Waals surface area contributed by atoms with Crippen LogP contribution in [0.15, 0.2) is 73.3 Å². The molecule has 0 amide bonds. The molecule has 0 spiro atoms. The highest BCUT2D eigenvalue weighted by Gasteiger charge is 2.50. The van der Waals surface area contributed by atoms with Crippen LogP contribution in [0.3, 0.4) is 0 Å². The van der Waals surface area contributed by atoms with Crippen molar-refractivity contribution in [3.05, 3.63) is 73.3 Å². The van der Waals surface area contributed by atoms with Gasteiger partial charge >= 0.3 is 10.4 Å². The van der Waals surface area contributed by atoms with Crippen LogP contribution in [-0.4, -0.2) is 34.0 Å². The molecule has 0 bridgehead atoms. The van der Waals surface area contributed by atoms with E-state index in [9.17, 15) is 8.42 Å². The standard InChI is InChI=1S/C23H32O5SSi/c1-6-20(17-19(2)28-29(24,25)26)18-27-30(23(3,4)5,21-13-9-7-10-14-21)22-15-11-8-12-16-22/h6-16,19-20H,1,17-18H2,2-5H3,(H,24,25,26)/t19-,20+/m0/s1. The number of hydrogen-bond acceptors (Lipinski definition) is 4. The fraction of sp³-hybridized carbons (Fsp3) is 0.391. The van der Waals surface area contributed by atoms with Crippen molar-refractivity contribution in [1.82, 2.24) is 0 Å². The van der Waals surface area contributed by atoms with Crippen LogP contribution in [0.2, 0.25) is 5.04 Å². The molecule has 164 valence electrons. The topological polar surface area (TPSA) is 72.8 Å². The molecule has 2 atom stereocenters. The molecule has 5 nitrogen and oxygen atoms in total. The zero-order chi connectivity index (χ0) is 22.4. The quantitative estimate of drug-likeness (QED) is 0.338. The van der Waals surface area contributed by atoms with Crippen LogP contribution in [0.5, 0.6) is 0 Å². The number of benzene rings is 2. The molecule has 0 aliphatic heterocycles. The van der Waals surface area contributed by atoms with Crippen LogP contribution in [0.1, 0.15) is 34.1 Å². The van der Waals surface area contributed by atoms with Crippen molar-refractivity contribution in [3.63, 3.8) is 0 Å². The summed E-state index contributed by atoms with van der Waals surface area (Å²) in [6.07, 6.45) is 1.43. The number of hydrogen-bond donors (Lipinski definition) is 1. The molecular formula is C23H32O5SSi. The fourth-order valence-corrected chi connectivity index (χ4v) is 9.01. The van der Waals surface area contributed by atoms with E-state index >= 15 is 0 Å². The van der Waals surface area contributed by atoms with Crippen molar-refractivity contribution < 1.29 is 21.6 Å². The van der Waals surface area contributed by atoms with Gasteiger partial charge in [0.2, 0.25) is 0 Å². The monoisotopic (exact) mass is 448 g/mol. The number of rotatable bonds is 10. The Labute approximate surface area is 181 Å². The van der Waals surface area contributed by atoms with Crippen molar-refractivity contribution in [2.24, 2.45) is 5.92 Å². The maximum absolute atomic E-state index is 11.0. The van der Waals surface area contributed by atoms with Gasteiger partial charge in [0.05, 0.1) is 6.10 Å². The third kappa shape index (κ3) is 6.12. The summed E-state index contributed by atoms with van der Waals surface area (Å²) in [7, 11) is -7.18. The minimum absolute atomic E-state index is 0.136. The van der Waals surface area contributed by atoms with Gasteiger partial charge in [-0.2, -0.15) is 8.42 Å². The maximum Gasteiger partial charge on any atom is 0.397 e. The molecule has 0 aliphatic carbocycles. The van der Waals surface area contributed by atoms with E-state index in [-0.39, 0.29) is 11.0 Å². The molecule has 30 heavy (non-hydrogen) atoms. The van der Waals surface area contributed by atoms with Gasteiger partial charge < -0.3 is 4.43 Å². The van der Waals surface area contributed by atoms with E-state index in [0.29, 0.717) is 13.0 Å². The first-order chi connectivity index (χ1) is 14.0. The van der Waals surface area contributed by atoms with Gasteiger partial charge in [-0.15, -0.1) is 6.58 Å². The molecule has 0 radical (unpaired) electrons. The lowest BCUT2D eigenvalue weighted by molar-refractivity contribution is 0.156. The van der Waals surface area contributed by atoms with Gasteiger partial charge in [0, 0.05) is 12.5 Å². The van der Waals surface area contributed by atoms with Crippen LogP contribution < -0.4 is 10.4 Å². The van der Waals surface area contributed by atoms with Crippen molar-refractivity contribution in [3.8, 4) is 0 Å². The molecule has 2 aromatic rings. The molecule has 1 N–H and O–H groups in total. The molecule has 0 saturated carbocycles. The van der Waals surface area contributed by atoms with Crippen molar-refractivity contribution >= 4 is 29.1 Å². The first-order valence-corrected chi connectivity index (χ1v) is 13.3. The van der Waals surface area contributed by atoms with Crippen molar-refractivity contribution in [2.45, 2.75) is 45.3 Å². The van der Waals surface area contributed by atoms with E-state index in [0.717, 1.165) is 0 Å². The third-order valence-electron chi connectivity index (χ3n) is 5.18. The maximum atomic E-state index is 11.0. The van der Waals surface area contributed by atoms with E-state index in [1.165, 1.54) is 10.4 Å². The Morgan fingerprint density at radius 1 is 1.03 bits per heavy atom. The highest BCUT2D eigenvalue weighted by molar-refractivity contribution is 7.80. The van der Waals surface area contributed by atoms with Gasteiger partial charge in [0.25, 0.3) is 8.32 Å². The summed E-state index contributed by atoms with van der Waals surface area (Å²) in [5, 5.41) is 2.19. The van der Waals surface area contributed by atoms with Crippen molar-refractivity contribution in [2.75, 3.05) is 6.61 Å². The molecule has 0 saturated heterocycles. The SMILES string of the molecule is C=C[C@@H](CO[Si](c1ccccc1)(c1ccccc1)C(C)(C)C)C[C@H](C)OS(=O)(=O)O. The molecular weight excluding hydrogens is 416 g/mol. The Balaban J connectivity index is 2.39.